The van der Waals surface area contributed by atoms with E-state index in [1.54, 1.807) is 23.9 Å². The molecule has 0 aliphatic rings. The summed E-state index contributed by atoms with van der Waals surface area (Å²) in [6.07, 6.45) is 0.853. The number of aromatic nitrogens is 2. The fourth-order valence-electron chi connectivity index (χ4n) is 3.12. The molecular weight excluding hydrogens is 390 g/mol. The summed E-state index contributed by atoms with van der Waals surface area (Å²) in [7, 11) is -3.39. The first kappa shape index (κ1) is 20.9. The molecule has 3 rings (SSSR count). The molecule has 0 atom stereocenters. The van der Waals surface area contributed by atoms with Crippen LogP contribution in [-0.2, 0) is 16.4 Å². The summed E-state index contributed by atoms with van der Waals surface area (Å²) < 4.78 is 26.6. The molecule has 3 aromatic rings. The van der Waals surface area contributed by atoms with Crippen LogP contribution in [-0.4, -0.2) is 41.5 Å². The zero-order valence-electron chi connectivity index (χ0n) is 16.8. The quantitative estimate of drug-likeness (QED) is 0.546. The normalized spacial score (nSPS) is 12.2. The number of benzene rings is 2. The molecule has 150 valence electrons. The Morgan fingerprint density at radius 1 is 1.04 bits per heavy atom. The van der Waals surface area contributed by atoms with Gasteiger partial charge in [-0.2, -0.15) is 4.31 Å². The van der Waals surface area contributed by atoms with Gasteiger partial charge in [-0.1, -0.05) is 37.7 Å². The molecule has 0 aliphatic carbocycles. The van der Waals surface area contributed by atoms with Gasteiger partial charge in [0.15, 0.2) is 5.16 Å². The second-order valence-corrected chi connectivity index (χ2v) is 9.85. The van der Waals surface area contributed by atoms with E-state index in [-0.39, 0.29) is 0 Å². The van der Waals surface area contributed by atoms with E-state index in [9.17, 15) is 8.42 Å². The molecule has 0 spiro atoms. The average Bonchev–Trinajstić information content (AvgIpc) is 3.04. The number of rotatable bonds is 8. The molecule has 1 heterocycles. The van der Waals surface area contributed by atoms with Crippen molar-refractivity contribution in [2.45, 2.75) is 44.2 Å². The number of aromatic amines is 1. The summed E-state index contributed by atoms with van der Waals surface area (Å²) in [6, 6.07) is 11.5. The van der Waals surface area contributed by atoms with E-state index in [1.165, 1.54) is 15.4 Å². The van der Waals surface area contributed by atoms with Gasteiger partial charge in [-0.25, -0.2) is 13.4 Å². The topological polar surface area (TPSA) is 66.1 Å². The van der Waals surface area contributed by atoms with E-state index in [1.807, 2.05) is 26.0 Å². The van der Waals surface area contributed by atoms with Gasteiger partial charge in [-0.15, -0.1) is 0 Å². The van der Waals surface area contributed by atoms with Gasteiger partial charge in [-0.05, 0) is 61.2 Å². The maximum atomic E-state index is 12.5. The zero-order valence-corrected chi connectivity index (χ0v) is 18.5. The summed E-state index contributed by atoms with van der Waals surface area (Å²) >= 11 is 1.68. The molecule has 0 saturated heterocycles. The number of H-pyrrole nitrogens is 1. The van der Waals surface area contributed by atoms with Gasteiger partial charge in [0.1, 0.15) is 0 Å². The van der Waals surface area contributed by atoms with E-state index in [0.717, 1.165) is 33.9 Å². The smallest absolute Gasteiger partial charge is 0.243 e. The van der Waals surface area contributed by atoms with Crippen molar-refractivity contribution in [3.05, 3.63) is 53.1 Å². The van der Waals surface area contributed by atoms with Crippen molar-refractivity contribution in [1.82, 2.24) is 14.3 Å². The Morgan fingerprint density at radius 3 is 2.32 bits per heavy atom. The van der Waals surface area contributed by atoms with Gasteiger partial charge in [0.05, 0.1) is 15.9 Å². The fraction of sp³-hybridized carbons (Fsp3) is 0.381. The van der Waals surface area contributed by atoms with Crippen LogP contribution in [0.4, 0.5) is 0 Å². The number of nitrogens with zero attached hydrogens (tertiary/aromatic N) is 2. The van der Waals surface area contributed by atoms with Crippen molar-refractivity contribution in [2.24, 2.45) is 0 Å². The van der Waals surface area contributed by atoms with E-state index >= 15 is 0 Å². The van der Waals surface area contributed by atoms with Gasteiger partial charge in [0, 0.05) is 18.8 Å². The van der Waals surface area contributed by atoms with Crippen molar-refractivity contribution in [3.63, 3.8) is 0 Å². The van der Waals surface area contributed by atoms with E-state index in [2.05, 4.69) is 35.9 Å². The maximum Gasteiger partial charge on any atom is 0.243 e. The highest BCUT2D eigenvalue weighted by Gasteiger charge is 2.21. The van der Waals surface area contributed by atoms with Crippen LogP contribution in [0, 0.1) is 13.8 Å². The molecule has 7 heteroatoms. The fourth-order valence-corrected chi connectivity index (χ4v) is 5.45. The molecule has 0 saturated carbocycles. The minimum Gasteiger partial charge on any atom is -0.333 e. The van der Waals surface area contributed by atoms with Gasteiger partial charge in [0.2, 0.25) is 10.0 Å². The summed E-state index contributed by atoms with van der Waals surface area (Å²) in [5, 5.41) is 0.917. The standard InChI is InChI=1S/C21H27N3O2S2/c1-5-24(6-2)28(25,26)18-9-7-17(8-10-18)11-12-27-21-22-19-13-15(3)16(4)14-20(19)23-21/h7-10,13-14H,5-6,11-12H2,1-4H3,(H,22,23). The van der Waals surface area contributed by atoms with Crippen molar-refractivity contribution >= 4 is 32.8 Å². The molecule has 2 aromatic carbocycles. The number of aryl methyl sites for hydroxylation is 3. The monoisotopic (exact) mass is 417 g/mol. The third kappa shape index (κ3) is 4.42. The molecule has 0 fully saturated rings. The van der Waals surface area contributed by atoms with Crippen LogP contribution in [0.25, 0.3) is 11.0 Å². The number of fused-ring (bicyclic) bond motifs is 1. The SMILES string of the molecule is CCN(CC)S(=O)(=O)c1ccc(CCSc2nc3cc(C)c(C)cc3[nH]2)cc1. The van der Waals surface area contributed by atoms with Crippen molar-refractivity contribution < 1.29 is 8.42 Å². The van der Waals surface area contributed by atoms with Crippen LogP contribution in [0.15, 0.2) is 46.5 Å². The third-order valence-electron chi connectivity index (χ3n) is 4.97. The highest BCUT2D eigenvalue weighted by atomic mass is 32.2. The van der Waals surface area contributed by atoms with Crippen molar-refractivity contribution in [3.8, 4) is 0 Å². The van der Waals surface area contributed by atoms with Crippen LogP contribution < -0.4 is 0 Å². The summed E-state index contributed by atoms with van der Waals surface area (Å²) in [5.74, 6) is 0.875. The Balaban J connectivity index is 1.62. The molecule has 1 N–H and O–H groups in total. The minimum absolute atomic E-state index is 0.357. The Morgan fingerprint density at radius 2 is 1.68 bits per heavy atom. The predicted octanol–water partition coefficient (Wildman–Crippen LogP) is 4.55. The second-order valence-electron chi connectivity index (χ2n) is 6.83. The van der Waals surface area contributed by atoms with Crippen molar-refractivity contribution in [2.75, 3.05) is 18.8 Å². The van der Waals surface area contributed by atoms with Gasteiger partial charge in [0.25, 0.3) is 0 Å². The first-order valence-electron chi connectivity index (χ1n) is 9.54. The highest BCUT2D eigenvalue weighted by Crippen LogP contribution is 2.23. The van der Waals surface area contributed by atoms with Crippen LogP contribution in [0.2, 0.25) is 0 Å². The van der Waals surface area contributed by atoms with Gasteiger partial charge >= 0.3 is 0 Å². The largest absolute Gasteiger partial charge is 0.333 e. The Hall–Kier alpha value is -1.83. The van der Waals surface area contributed by atoms with E-state index in [0.29, 0.717) is 18.0 Å². The first-order valence-corrected chi connectivity index (χ1v) is 12.0. The second kappa shape index (κ2) is 8.68. The van der Waals surface area contributed by atoms with Crippen LogP contribution in [0.1, 0.15) is 30.5 Å². The number of imidazole rings is 1. The number of hydrogen-bond donors (Lipinski definition) is 1. The maximum absolute atomic E-state index is 12.5. The number of hydrogen-bond acceptors (Lipinski definition) is 4. The molecule has 5 nitrogen and oxygen atoms in total. The van der Waals surface area contributed by atoms with E-state index in [4.69, 9.17) is 0 Å². The van der Waals surface area contributed by atoms with Crippen molar-refractivity contribution in [1.29, 1.82) is 0 Å². The lowest BCUT2D eigenvalue weighted by atomic mass is 10.1. The minimum atomic E-state index is -3.39. The lowest BCUT2D eigenvalue weighted by molar-refractivity contribution is 0.445. The number of sulfonamides is 1. The lowest BCUT2D eigenvalue weighted by Gasteiger charge is -2.18. The molecule has 0 amide bonds. The molecule has 0 bridgehead atoms. The summed E-state index contributed by atoms with van der Waals surface area (Å²) in [5.41, 5.74) is 5.68. The number of thioether (sulfide) groups is 1. The Labute approximate surface area is 171 Å². The van der Waals surface area contributed by atoms with Crippen LogP contribution in [0.5, 0.6) is 0 Å². The molecule has 1 aromatic heterocycles. The molecule has 0 aliphatic heterocycles. The lowest BCUT2D eigenvalue weighted by Crippen LogP contribution is -2.30. The first-order chi connectivity index (χ1) is 13.3. The third-order valence-corrected chi connectivity index (χ3v) is 7.91. The number of nitrogens with one attached hydrogen (secondary N) is 1. The Bertz CT molecular complexity index is 1010. The highest BCUT2D eigenvalue weighted by molar-refractivity contribution is 7.99. The van der Waals surface area contributed by atoms with E-state index < -0.39 is 10.0 Å². The Kier molecular flexibility index (Phi) is 6.47. The molecular formula is C21H27N3O2S2. The molecule has 0 radical (unpaired) electrons. The molecule has 28 heavy (non-hydrogen) atoms. The van der Waals surface area contributed by atoms with Gasteiger partial charge in [-0.3, -0.25) is 0 Å². The average molecular weight is 418 g/mol. The van der Waals surface area contributed by atoms with Crippen LogP contribution >= 0.6 is 11.8 Å². The predicted molar refractivity (Wildman–Crippen MR) is 117 cm³/mol. The zero-order chi connectivity index (χ0) is 20.3. The summed E-state index contributed by atoms with van der Waals surface area (Å²) in [6.45, 7) is 8.87. The van der Waals surface area contributed by atoms with Gasteiger partial charge < -0.3 is 4.98 Å². The van der Waals surface area contributed by atoms with Crippen LogP contribution in [0.3, 0.4) is 0 Å². The molecule has 0 unspecified atom stereocenters. The summed E-state index contributed by atoms with van der Waals surface area (Å²) in [4.78, 5) is 8.38.